The predicted octanol–water partition coefficient (Wildman–Crippen LogP) is 2.56. The first-order valence-electron chi connectivity index (χ1n) is 5.59. The number of rotatable bonds is 5. The van der Waals surface area contributed by atoms with Crippen molar-refractivity contribution in [2.75, 3.05) is 6.54 Å². The van der Waals surface area contributed by atoms with Crippen LogP contribution in [0.4, 0.5) is 0 Å². The van der Waals surface area contributed by atoms with Crippen molar-refractivity contribution in [2.45, 2.75) is 26.7 Å². The fourth-order valence-corrected chi connectivity index (χ4v) is 1.89. The molecule has 0 bridgehead atoms. The zero-order valence-corrected chi connectivity index (χ0v) is 9.61. The van der Waals surface area contributed by atoms with Crippen LogP contribution in [0.25, 0.3) is 0 Å². The SMILES string of the molecule is CC(C)CC(CN)Cc1ccc(O)cc1. The van der Waals surface area contributed by atoms with Crippen molar-refractivity contribution in [1.29, 1.82) is 0 Å². The molecular formula is C13H21NO. The minimum absolute atomic E-state index is 0.326. The van der Waals surface area contributed by atoms with Gasteiger partial charge >= 0.3 is 0 Å². The minimum Gasteiger partial charge on any atom is -0.508 e. The summed E-state index contributed by atoms with van der Waals surface area (Å²) in [6.45, 7) is 5.18. The van der Waals surface area contributed by atoms with Crippen molar-refractivity contribution in [2.24, 2.45) is 17.6 Å². The van der Waals surface area contributed by atoms with Gasteiger partial charge in [-0.25, -0.2) is 0 Å². The Morgan fingerprint density at radius 1 is 1.20 bits per heavy atom. The van der Waals surface area contributed by atoms with Gasteiger partial charge in [-0.15, -0.1) is 0 Å². The summed E-state index contributed by atoms with van der Waals surface area (Å²) in [5.41, 5.74) is 7.00. The first kappa shape index (κ1) is 12.1. The number of phenols is 1. The largest absolute Gasteiger partial charge is 0.508 e. The van der Waals surface area contributed by atoms with E-state index in [0.717, 1.165) is 19.4 Å². The van der Waals surface area contributed by atoms with Gasteiger partial charge in [0.2, 0.25) is 0 Å². The van der Waals surface area contributed by atoms with E-state index in [1.54, 1.807) is 12.1 Å². The van der Waals surface area contributed by atoms with E-state index in [1.165, 1.54) is 5.56 Å². The Labute approximate surface area is 92.1 Å². The third-order valence-electron chi connectivity index (χ3n) is 2.60. The Morgan fingerprint density at radius 2 is 1.80 bits per heavy atom. The van der Waals surface area contributed by atoms with Crippen LogP contribution in [0.15, 0.2) is 24.3 Å². The quantitative estimate of drug-likeness (QED) is 0.779. The Hall–Kier alpha value is -1.02. The molecule has 1 aromatic rings. The average molecular weight is 207 g/mol. The lowest BCUT2D eigenvalue weighted by Crippen LogP contribution is -2.18. The topological polar surface area (TPSA) is 46.2 Å². The van der Waals surface area contributed by atoms with Crippen molar-refractivity contribution in [3.63, 3.8) is 0 Å². The highest BCUT2D eigenvalue weighted by atomic mass is 16.3. The van der Waals surface area contributed by atoms with E-state index in [1.807, 2.05) is 12.1 Å². The van der Waals surface area contributed by atoms with Crippen LogP contribution in [-0.2, 0) is 6.42 Å². The molecule has 0 radical (unpaired) electrons. The van der Waals surface area contributed by atoms with Gasteiger partial charge in [-0.2, -0.15) is 0 Å². The maximum absolute atomic E-state index is 9.17. The Balaban J connectivity index is 2.54. The molecule has 0 aliphatic carbocycles. The van der Waals surface area contributed by atoms with Crippen LogP contribution in [0.3, 0.4) is 0 Å². The minimum atomic E-state index is 0.326. The lowest BCUT2D eigenvalue weighted by atomic mass is 9.91. The summed E-state index contributed by atoms with van der Waals surface area (Å²) in [7, 11) is 0. The first-order chi connectivity index (χ1) is 7.11. The third-order valence-corrected chi connectivity index (χ3v) is 2.60. The Morgan fingerprint density at radius 3 is 2.27 bits per heavy atom. The molecule has 0 heterocycles. The Bertz CT molecular complexity index is 279. The molecule has 1 unspecified atom stereocenters. The second-order valence-corrected chi connectivity index (χ2v) is 4.60. The molecule has 15 heavy (non-hydrogen) atoms. The van der Waals surface area contributed by atoms with E-state index in [-0.39, 0.29) is 0 Å². The normalized spacial score (nSPS) is 13.1. The summed E-state index contributed by atoms with van der Waals surface area (Å²) in [6.07, 6.45) is 2.17. The fourth-order valence-electron chi connectivity index (χ4n) is 1.89. The summed E-state index contributed by atoms with van der Waals surface area (Å²) in [5.74, 6) is 1.57. The summed E-state index contributed by atoms with van der Waals surface area (Å²) >= 11 is 0. The summed E-state index contributed by atoms with van der Waals surface area (Å²) in [5, 5.41) is 9.17. The van der Waals surface area contributed by atoms with Gasteiger partial charge in [0, 0.05) is 0 Å². The van der Waals surface area contributed by atoms with Gasteiger partial charge in [0.15, 0.2) is 0 Å². The monoisotopic (exact) mass is 207 g/mol. The molecule has 0 aromatic heterocycles. The zero-order valence-electron chi connectivity index (χ0n) is 9.61. The molecule has 0 aliphatic rings. The van der Waals surface area contributed by atoms with E-state index in [9.17, 15) is 0 Å². The maximum Gasteiger partial charge on any atom is 0.115 e. The summed E-state index contributed by atoms with van der Waals surface area (Å²) in [4.78, 5) is 0. The predicted molar refractivity (Wildman–Crippen MR) is 63.8 cm³/mol. The third kappa shape index (κ3) is 4.34. The highest BCUT2D eigenvalue weighted by Crippen LogP contribution is 2.18. The molecule has 3 N–H and O–H groups in total. The van der Waals surface area contributed by atoms with Gasteiger partial charge in [-0.05, 0) is 48.9 Å². The standard InChI is InChI=1S/C13H21NO/c1-10(2)7-12(9-14)8-11-3-5-13(15)6-4-11/h3-6,10,12,15H,7-9,14H2,1-2H3. The molecule has 1 atom stereocenters. The van der Waals surface area contributed by atoms with E-state index < -0.39 is 0 Å². The van der Waals surface area contributed by atoms with Crippen molar-refractivity contribution in [3.8, 4) is 5.75 Å². The zero-order chi connectivity index (χ0) is 11.3. The number of nitrogens with two attached hydrogens (primary N) is 1. The average Bonchev–Trinajstić information content (AvgIpc) is 2.19. The van der Waals surface area contributed by atoms with Crippen molar-refractivity contribution >= 4 is 0 Å². The molecule has 84 valence electrons. The van der Waals surface area contributed by atoms with Crippen LogP contribution in [0.2, 0.25) is 0 Å². The molecule has 1 rings (SSSR count). The van der Waals surface area contributed by atoms with E-state index >= 15 is 0 Å². The molecule has 0 amide bonds. The van der Waals surface area contributed by atoms with E-state index in [4.69, 9.17) is 10.8 Å². The van der Waals surface area contributed by atoms with Gasteiger partial charge < -0.3 is 10.8 Å². The first-order valence-corrected chi connectivity index (χ1v) is 5.59. The van der Waals surface area contributed by atoms with Crippen molar-refractivity contribution in [3.05, 3.63) is 29.8 Å². The van der Waals surface area contributed by atoms with Gasteiger partial charge in [0.1, 0.15) is 5.75 Å². The summed E-state index contributed by atoms with van der Waals surface area (Å²) in [6, 6.07) is 7.41. The molecule has 2 heteroatoms. The maximum atomic E-state index is 9.17. The number of hydrogen-bond donors (Lipinski definition) is 2. The smallest absolute Gasteiger partial charge is 0.115 e. The summed E-state index contributed by atoms with van der Waals surface area (Å²) < 4.78 is 0. The van der Waals surface area contributed by atoms with E-state index in [0.29, 0.717) is 17.6 Å². The number of aromatic hydroxyl groups is 1. The van der Waals surface area contributed by atoms with Gasteiger partial charge in [-0.1, -0.05) is 26.0 Å². The van der Waals surface area contributed by atoms with Crippen LogP contribution >= 0.6 is 0 Å². The van der Waals surface area contributed by atoms with Crippen LogP contribution in [-0.4, -0.2) is 11.7 Å². The lowest BCUT2D eigenvalue weighted by Gasteiger charge is -2.16. The molecule has 0 fully saturated rings. The second kappa shape index (κ2) is 5.76. The van der Waals surface area contributed by atoms with Crippen LogP contribution in [0, 0.1) is 11.8 Å². The number of hydrogen-bond acceptors (Lipinski definition) is 2. The Kier molecular flexibility index (Phi) is 4.63. The molecule has 0 saturated heterocycles. The van der Waals surface area contributed by atoms with Crippen LogP contribution < -0.4 is 5.73 Å². The van der Waals surface area contributed by atoms with Crippen LogP contribution in [0.5, 0.6) is 5.75 Å². The fraction of sp³-hybridized carbons (Fsp3) is 0.538. The highest BCUT2D eigenvalue weighted by molar-refractivity contribution is 5.26. The van der Waals surface area contributed by atoms with Crippen LogP contribution in [0.1, 0.15) is 25.8 Å². The number of phenolic OH excluding ortho intramolecular Hbond substituents is 1. The van der Waals surface area contributed by atoms with Crippen molar-refractivity contribution < 1.29 is 5.11 Å². The molecule has 1 aromatic carbocycles. The lowest BCUT2D eigenvalue weighted by molar-refractivity contribution is 0.414. The van der Waals surface area contributed by atoms with E-state index in [2.05, 4.69) is 13.8 Å². The van der Waals surface area contributed by atoms with Crippen molar-refractivity contribution in [1.82, 2.24) is 0 Å². The molecular weight excluding hydrogens is 186 g/mol. The molecule has 0 saturated carbocycles. The van der Waals surface area contributed by atoms with Gasteiger partial charge in [0.25, 0.3) is 0 Å². The molecule has 0 aliphatic heterocycles. The molecule has 0 spiro atoms. The van der Waals surface area contributed by atoms with Gasteiger partial charge in [0.05, 0.1) is 0 Å². The second-order valence-electron chi connectivity index (χ2n) is 4.60. The number of benzene rings is 1. The molecule has 2 nitrogen and oxygen atoms in total. The van der Waals surface area contributed by atoms with Gasteiger partial charge in [-0.3, -0.25) is 0 Å². The highest BCUT2D eigenvalue weighted by Gasteiger charge is 2.09.